The van der Waals surface area contributed by atoms with Crippen molar-refractivity contribution in [2.45, 2.75) is 0 Å². The van der Waals surface area contributed by atoms with Crippen molar-refractivity contribution in [3.05, 3.63) is 37.2 Å². The standard InChI is InChI=1S/C9H4BrClO2S/c10-6-2-4(11)1-5-7(12)3-8(13)14-9(5)6/h1-3,12H. The highest BCUT2D eigenvalue weighted by atomic mass is 79.9. The van der Waals surface area contributed by atoms with E-state index in [1.165, 1.54) is 6.07 Å². The van der Waals surface area contributed by atoms with Crippen LogP contribution in [0.25, 0.3) is 10.1 Å². The zero-order valence-electron chi connectivity index (χ0n) is 6.75. The van der Waals surface area contributed by atoms with Crippen LogP contribution in [0.2, 0.25) is 5.02 Å². The largest absolute Gasteiger partial charge is 0.507 e. The molecule has 0 aliphatic rings. The van der Waals surface area contributed by atoms with Crippen molar-refractivity contribution in [1.82, 2.24) is 0 Å². The van der Waals surface area contributed by atoms with Gasteiger partial charge in [0.05, 0.1) is 4.70 Å². The highest BCUT2D eigenvalue weighted by Crippen LogP contribution is 2.34. The molecule has 0 aliphatic carbocycles. The number of hydrogen-bond acceptors (Lipinski definition) is 3. The lowest BCUT2D eigenvalue weighted by Gasteiger charge is -2.01. The Labute approximate surface area is 96.9 Å². The van der Waals surface area contributed by atoms with E-state index in [1.54, 1.807) is 12.1 Å². The van der Waals surface area contributed by atoms with E-state index in [4.69, 9.17) is 11.6 Å². The summed E-state index contributed by atoms with van der Waals surface area (Å²) in [6.07, 6.45) is 0. The van der Waals surface area contributed by atoms with Gasteiger partial charge in [-0.2, -0.15) is 0 Å². The Morgan fingerprint density at radius 1 is 1.36 bits per heavy atom. The van der Waals surface area contributed by atoms with Crippen LogP contribution in [0.5, 0.6) is 5.75 Å². The average molecular weight is 292 g/mol. The first-order valence-corrected chi connectivity index (χ1v) is 5.68. The quantitative estimate of drug-likeness (QED) is 0.808. The minimum absolute atomic E-state index is 0.0352. The second-order valence-corrected chi connectivity index (χ2v) is 5.02. The Morgan fingerprint density at radius 2 is 2.07 bits per heavy atom. The number of benzene rings is 1. The van der Waals surface area contributed by atoms with Gasteiger partial charge in [0, 0.05) is 20.9 Å². The molecule has 0 bridgehead atoms. The van der Waals surface area contributed by atoms with E-state index in [2.05, 4.69) is 15.9 Å². The SMILES string of the molecule is O=c1cc(O)c2cc(Cl)cc(Br)c2s1. The van der Waals surface area contributed by atoms with Gasteiger partial charge < -0.3 is 5.11 Å². The lowest BCUT2D eigenvalue weighted by atomic mass is 10.2. The van der Waals surface area contributed by atoms with E-state index in [-0.39, 0.29) is 10.5 Å². The second kappa shape index (κ2) is 3.53. The van der Waals surface area contributed by atoms with Crippen LogP contribution in [-0.4, -0.2) is 5.11 Å². The van der Waals surface area contributed by atoms with E-state index >= 15 is 0 Å². The monoisotopic (exact) mass is 290 g/mol. The molecule has 0 amide bonds. The van der Waals surface area contributed by atoms with Crippen molar-refractivity contribution in [3.63, 3.8) is 0 Å². The number of fused-ring (bicyclic) bond motifs is 1. The Kier molecular flexibility index (Phi) is 2.51. The molecule has 1 heterocycles. The summed E-state index contributed by atoms with van der Waals surface area (Å²) in [5.74, 6) is -0.0352. The zero-order chi connectivity index (χ0) is 10.3. The molecular weight excluding hydrogens is 288 g/mol. The summed E-state index contributed by atoms with van der Waals surface area (Å²) < 4.78 is 1.25. The maximum atomic E-state index is 11.1. The molecule has 0 saturated carbocycles. The molecule has 0 radical (unpaired) electrons. The Morgan fingerprint density at radius 3 is 2.79 bits per heavy atom. The van der Waals surface area contributed by atoms with Gasteiger partial charge in [-0.25, -0.2) is 0 Å². The zero-order valence-corrected chi connectivity index (χ0v) is 9.91. The predicted octanol–water partition coefficient (Wildman–Crippen LogP) is 3.38. The van der Waals surface area contributed by atoms with Gasteiger partial charge in [-0.05, 0) is 28.1 Å². The molecule has 1 aromatic heterocycles. The summed E-state index contributed by atoms with van der Waals surface area (Å²) >= 11 is 10.2. The molecule has 0 saturated heterocycles. The van der Waals surface area contributed by atoms with E-state index in [0.717, 1.165) is 15.8 Å². The van der Waals surface area contributed by atoms with Gasteiger partial charge >= 0.3 is 0 Å². The molecule has 2 aromatic rings. The van der Waals surface area contributed by atoms with Crippen molar-refractivity contribution >= 4 is 49.0 Å². The smallest absolute Gasteiger partial charge is 0.236 e. The van der Waals surface area contributed by atoms with Gasteiger partial charge in [-0.15, -0.1) is 0 Å². The van der Waals surface area contributed by atoms with Gasteiger partial charge in [0.15, 0.2) is 0 Å². The summed E-state index contributed by atoms with van der Waals surface area (Å²) in [6.45, 7) is 0. The van der Waals surface area contributed by atoms with Gasteiger partial charge in [0.1, 0.15) is 5.75 Å². The summed E-state index contributed by atoms with van der Waals surface area (Å²) in [5, 5.41) is 10.6. The number of aromatic hydroxyl groups is 1. The van der Waals surface area contributed by atoms with Crippen LogP contribution in [0, 0.1) is 0 Å². The third-order valence-electron chi connectivity index (χ3n) is 1.74. The summed E-state index contributed by atoms with van der Waals surface area (Å²) in [6, 6.07) is 4.52. The molecule has 0 spiro atoms. The molecule has 0 fully saturated rings. The topological polar surface area (TPSA) is 37.3 Å². The van der Waals surface area contributed by atoms with Crippen molar-refractivity contribution in [3.8, 4) is 5.75 Å². The van der Waals surface area contributed by atoms with E-state index in [9.17, 15) is 9.90 Å². The molecule has 72 valence electrons. The van der Waals surface area contributed by atoms with Gasteiger partial charge in [-0.1, -0.05) is 22.9 Å². The summed E-state index contributed by atoms with van der Waals surface area (Å²) in [7, 11) is 0. The highest BCUT2D eigenvalue weighted by molar-refractivity contribution is 9.10. The third-order valence-corrected chi connectivity index (χ3v) is 3.81. The maximum absolute atomic E-state index is 11.1. The summed E-state index contributed by atoms with van der Waals surface area (Å²) in [4.78, 5) is 11.1. The Bertz CT molecular complexity index is 564. The normalized spacial score (nSPS) is 10.7. The van der Waals surface area contributed by atoms with E-state index < -0.39 is 0 Å². The van der Waals surface area contributed by atoms with Gasteiger partial charge in [-0.3, -0.25) is 4.79 Å². The van der Waals surface area contributed by atoms with Crippen molar-refractivity contribution < 1.29 is 5.11 Å². The summed E-state index contributed by atoms with van der Waals surface area (Å²) in [5.41, 5.74) is 0. The number of rotatable bonds is 0. The van der Waals surface area contributed by atoms with Crippen molar-refractivity contribution in [2.75, 3.05) is 0 Å². The van der Waals surface area contributed by atoms with Crippen LogP contribution in [0.15, 0.2) is 27.5 Å². The van der Waals surface area contributed by atoms with Crippen LogP contribution in [-0.2, 0) is 0 Å². The first kappa shape index (κ1) is 9.96. The fourth-order valence-electron chi connectivity index (χ4n) is 1.17. The van der Waals surface area contributed by atoms with Crippen LogP contribution < -0.4 is 4.74 Å². The number of halogens is 2. The van der Waals surface area contributed by atoms with Crippen molar-refractivity contribution in [1.29, 1.82) is 0 Å². The van der Waals surface area contributed by atoms with Gasteiger partial charge in [0.2, 0.25) is 4.74 Å². The van der Waals surface area contributed by atoms with Crippen LogP contribution >= 0.6 is 38.9 Å². The maximum Gasteiger partial charge on any atom is 0.236 e. The molecule has 14 heavy (non-hydrogen) atoms. The lowest BCUT2D eigenvalue weighted by Crippen LogP contribution is -1.90. The molecule has 1 N–H and O–H groups in total. The minimum Gasteiger partial charge on any atom is -0.507 e. The molecule has 0 aliphatic heterocycles. The second-order valence-electron chi connectivity index (χ2n) is 2.71. The molecule has 0 atom stereocenters. The fourth-order valence-corrected chi connectivity index (χ4v) is 3.03. The predicted molar refractivity (Wildman–Crippen MR) is 62.5 cm³/mol. The lowest BCUT2D eigenvalue weighted by molar-refractivity contribution is 0.481. The average Bonchev–Trinajstić information content (AvgIpc) is 2.07. The molecule has 5 heteroatoms. The van der Waals surface area contributed by atoms with E-state index in [0.29, 0.717) is 15.1 Å². The van der Waals surface area contributed by atoms with Crippen LogP contribution in [0.4, 0.5) is 0 Å². The number of hydrogen-bond donors (Lipinski definition) is 1. The molecular formula is C9H4BrClO2S. The van der Waals surface area contributed by atoms with Crippen molar-refractivity contribution in [2.24, 2.45) is 0 Å². The first-order valence-electron chi connectivity index (χ1n) is 3.70. The third kappa shape index (κ3) is 1.65. The molecule has 2 rings (SSSR count). The Balaban J connectivity index is 3.01. The van der Waals surface area contributed by atoms with Crippen LogP contribution in [0.3, 0.4) is 0 Å². The minimum atomic E-state index is -0.182. The van der Waals surface area contributed by atoms with E-state index in [1.807, 2.05) is 0 Å². The molecule has 1 aromatic carbocycles. The fraction of sp³-hybridized carbons (Fsp3) is 0. The molecule has 2 nitrogen and oxygen atoms in total. The highest BCUT2D eigenvalue weighted by Gasteiger charge is 2.07. The molecule has 0 unspecified atom stereocenters. The Hall–Kier alpha value is -0.580. The van der Waals surface area contributed by atoms with Crippen LogP contribution in [0.1, 0.15) is 0 Å². The first-order chi connectivity index (χ1) is 6.58. The van der Waals surface area contributed by atoms with Gasteiger partial charge in [0.25, 0.3) is 0 Å².